The summed E-state index contributed by atoms with van der Waals surface area (Å²) >= 11 is 1.64. The third-order valence-corrected chi connectivity index (χ3v) is 3.57. The topological polar surface area (TPSA) is 49.2 Å². The Balaban J connectivity index is 2.03. The molecule has 0 aliphatic carbocycles. The summed E-state index contributed by atoms with van der Waals surface area (Å²) in [5, 5.41) is 11.9. The molecule has 0 fully saturated rings. The predicted molar refractivity (Wildman–Crippen MR) is 71.6 cm³/mol. The van der Waals surface area contributed by atoms with Crippen LogP contribution in [0.25, 0.3) is 10.2 Å². The van der Waals surface area contributed by atoms with Gasteiger partial charge < -0.3 is 10.0 Å². The second-order valence-electron chi connectivity index (χ2n) is 4.04. The molecule has 1 N–H and O–H groups in total. The van der Waals surface area contributed by atoms with Crippen molar-refractivity contribution in [2.75, 3.05) is 25.1 Å². The smallest absolute Gasteiger partial charge is 0.140 e. The number of anilines is 1. The summed E-state index contributed by atoms with van der Waals surface area (Å²) in [4.78, 5) is 11.8. The molecule has 0 aromatic carbocycles. The van der Waals surface area contributed by atoms with Crippen LogP contribution in [0.1, 0.15) is 19.3 Å². The van der Waals surface area contributed by atoms with Gasteiger partial charge in [-0.1, -0.05) is 0 Å². The Morgan fingerprint density at radius 1 is 1.29 bits per heavy atom. The van der Waals surface area contributed by atoms with E-state index in [4.69, 9.17) is 5.11 Å². The molecule has 0 saturated carbocycles. The lowest BCUT2D eigenvalue weighted by Gasteiger charge is -2.18. The predicted octanol–water partition coefficient (Wildman–Crippen LogP) is 2.29. The Hall–Kier alpha value is -1.20. The van der Waals surface area contributed by atoms with Gasteiger partial charge in [0, 0.05) is 20.2 Å². The van der Waals surface area contributed by atoms with Crippen molar-refractivity contribution in [3.8, 4) is 0 Å². The van der Waals surface area contributed by atoms with Gasteiger partial charge in [-0.2, -0.15) is 0 Å². The molecule has 2 rings (SSSR count). The SMILES string of the molecule is CN(CCCCCO)c1ncnc2sccc12. The van der Waals surface area contributed by atoms with Crippen LogP contribution in [0, 0.1) is 0 Å². The minimum atomic E-state index is 0.284. The monoisotopic (exact) mass is 251 g/mol. The highest BCUT2D eigenvalue weighted by molar-refractivity contribution is 7.16. The highest BCUT2D eigenvalue weighted by atomic mass is 32.1. The van der Waals surface area contributed by atoms with E-state index in [-0.39, 0.29) is 6.61 Å². The van der Waals surface area contributed by atoms with Crippen molar-refractivity contribution in [2.45, 2.75) is 19.3 Å². The van der Waals surface area contributed by atoms with Gasteiger partial charge in [0.15, 0.2) is 0 Å². The maximum absolute atomic E-state index is 8.73. The lowest BCUT2D eigenvalue weighted by molar-refractivity contribution is 0.283. The number of nitrogens with zero attached hydrogens (tertiary/aromatic N) is 3. The van der Waals surface area contributed by atoms with Crippen LogP contribution in [0.5, 0.6) is 0 Å². The molecule has 0 amide bonds. The van der Waals surface area contributed by atoms with Crippen molar-refractivity contribution in [1.82, 2.24) is 9.97 Å². The standard InChI is InChI=1S/C12H17N3OS/c1-15(6-3-2-4-7-16)11-10-5-8-17-12(10)14-9-13-11/h5,8-9,16H,2-4,6-7H2,1H3. The van der Waals surface area contributed by atoms with Crippen LogP contribution in [0.3, 0.4) is 0 Å². The van der Waals surface area contributed by atoms with Gasteiger partial charge in [0.05, 0.1) is 5.39 Å². The van der Waals surface area contributed by atoms with Crippen LogP contribution in [0.15, 0.2) is 17.8 Å². The largest absolute Gasteiger partial charge is 0.396 e. The van der Waals surface area contributed by atoms with Crippen LogP contribution in [0.4, 0.5) is 5.82 Å². The molecule has 92 valence electrons. The van der Waals surface area contributed by atoms with Crippen molar-refractivity contribution in [2.24, 2.45) is 0 Å². The molecule has 0 aliphatic rings. The quantitative estimate of drug-likeness (QED) is 0.800. The zero-order valence-corrected chi connectivity index (χ0v) is 10.8. The van der Waals surface area contributed by atoms with E-state index in [9.17, 15) is 0 Å². The number of thiophene rings is 1. The number of unbranched alkanes of at least 4 members (excludes halogenated alkanes) is 2. The maximum Gasteiger partial charge on any atom is 0.140 e. The van der Waals surface area contributed by atoms with E-state index in [2.05, 4.69) is 28.0 Å². The molecule has 0 aliphatic heterocycles. The summed E-state index contributed by atoms with van der Waals surface area (Å²) in [5.41, 5.74) is 0. The Bertz CT molecular complexity index is 471. The normalized spacial score (nSPS) is 10.9. The number of rotatable bonds is 6. The lowest BCUT2D eigenvalue weighted by Crippen LogP contribution is -2.20. The van der Waals surface area contributed by atoms with E-state index < -0.39 is 0 Å². The molecule has 17 heavy (non-hydrogen) atoms. The third-order valence-electron chi connectivity index (χ3n) is 2.75. The molecular weight excluding hydrogens is 234 g/mol. The first-order valence-electron chi connectivity index (χ1n) is 5.83. The van der Waals surface area contributed by atoms with Crippen molar-refractivity contribution in [1.29, 1.82) is 0 Å². The highest BCUT2D eigenvalue weighted by Gasteiger charge is 2.08. The van der Waals surface area contributed by atoms with Crippen LogP contribution in [-0.4, -0.2) is 35.3 Å². The molecule has 0 atom stereocenters. The molecule has 2 heterocycles. The summed E-state index contributed by atoms with van der Waals surface area (Å²) in [5.74, 6) is 1.00. The minimum absolute atomic E-state index is 0.284. The van der Waals surface area contributed by atoms with Crippen molar-refractivity contribution in [3.05, 3.63) is 17.8 Å². The maximum atomic E-state index is 8.73. The summed E-state index contributed by atoms with van der Waals surface area (Å²) in [6.45, 7) is 1.24. The molecule has 2 aromatic heterocycles. The number of aliphatic hydroxyl groups excluding tert-OH is 1. The molecule has 0 saturated heterocycles. The molecule has 2 aromatic rings. The molecule has 0 radical (unpaired) electrons. The fourth-order valence-corrected chi connectivity index (χ4v) is 2.55. The van der Waals surface area contributed by atoms with Crippen LogP contribution in [-0.2, 0) is 0 Å². The van der Waals surface area contributed by atoms with Crippen molar-refractivity contribution >= 4 is 27.4 Å². The summed E-state index contributed by atoms with van der Waals surface area (Å²) in [6, 6.07) is 2.07. The lowest BCUT2D eigenvalue weighted by atomic mass is 10.2. The fourth-order valence-electron chi connectivity index (χ4n) is 1.82. The number of aliphatic hydroxyl groups is 1. The van der Waals surface area contributed by atoms with Gasteiger partial charge >= 0.3 is 0 Å². The van der Waals surface area contributed by atoms with Gasteiger partial charge in [-0.25, -0.2) is 9.97 Å². The van der Waals surface area contributed by atoms with Crippen molar-refractivity contribution in [3.63, 3.8) is 0 Å². The molecule has 0 unspecified atom stereocenters. The number of hydrogen-bond acceptors (Lipinski definition) is 5. The minimum Gasteiger partial charge on any atom is -0.396 e. The fraction of sp³-hybridized carbons (Fsp3) is 0.500. The molecular formula is C12H17N3OS. The Kier molecular flexibility index (Phi) is 4.28. The van der Waals surface area contributed by atoms with E-state index in [0.717, 1.165) is 41.8 Å². The van der Waals surface area contributed by atoms with Gasteiger partial charge in [-0.15, -0.1) is 11.3 Å². The zero-order chi connectivity index (χ0) is 12.1. The summed E-state index contributed by atoms with van der Waals surface area (Å²) in [6.07, 6.45) is 4.63. The van der Waals surface area contributed by atoms with Gasteiger partial charge in [0.25, 0.3) is 0 Å². The first kappa shape index (κ1) is 12.3. The van der Waals surface area contributed by atoms with Gasteiger partial charge in [0.2, 0.25) is 0 Å². The average Bonchev–Trinajstić information content (AvgIpc) is 2.82. The molecule has 4 nitrogen and oxygen atoms in total. The van der Waals surface area contributed by atoms with E-state index in [1.165, 1.54) is 0 Å². The first-order valence-corrected chi connectivity index (χ1v) is 6.71. The Morgan fingerprint density at radius 2 is 2.18 bits per heavy atom. The van der Waals surface area contributed by atoms with Gasteiger partial charge in [0.1, 0.15) is 17.0 Å². The van der Waals surface area contributed by atoms with Crippen molar-refractivity contribution < 1.29 is 5.11 Å². The van der Waals surface area contributed by atoms with Gasteiger partial charge in [-0.05, 0) is 30.7 Å². The zero-order valence-electron chi connectivity index (χ0n) is 9.96. The highest BCUT2D eigenvalue weighted by Crippen LogP contribution is 2.25. The second kappa shape index (κ2) is 5.93. The number of hydrogen-bond donors (Lipinski definition) is 1. The van der Waals surface area contributed by atoms with Crippen LogP contribution >= 0.6 is 11.3 Å². The Morgan fingerprint density at radius 3 is 3.00 bits per heavy atom. The molecule has 0 spiro atoms. The summed E-state index contributed by atoms with van der Waals surface area (Å²) in [7, 11) is 2.05. The average molecular weight is 251 g/mol. The van der Waals surface area contributed by atoms with Gasteiger partial charge in [-0.3, -0.25) is 0 Å². The second-order valence-corrected chi connectivity index (χ2v) is 4.94. The molecule has 0 bridgehead atoms. The Labute approximate surface area is 105 Å². The van der Waals surface area contributed by atoms with E-state index in [1.54, 1.807) is 17.7 Å². The van der Waals surface area contributed by atoms with E-state index in [0.29, 0.717) is 0 Å². The van der Waals surface area contributed by atoms with Crippen LogP contribution < -0.4 is 4.90 Å². The number of aromatic nitrogens is 2. The van der Waals surface area contributed by atoms with E-state index >= 15 is 0 Å². The number of fused-ring (bicyclic) bond motifs is 1. The first-order chi connectivity index (χ1) is 8.33. The summed E-state index contributed by atoms with van der Waals surface area (Å²) < 4.78 is 0. The van der Waals surface area contributed by atoms with Crippen LogP contribution in [0.2, 0.25) is 0 Å². The third kappa shape index (κ3) is 2.92. The van der Waals surface area contributed by atoms with E-state index in [1.807, 2.05) is 5.38 Å². The molecule has 5 heteroatoms.